The summed E-state index contributed by atoms with van der Waals surface area (Å²) in [5.74, 6) is 1.65. The van der Waals surface area contributed by atoms with Crippen LogP contribution in [0.2, 0.25) is 0 Å². The number of amides is 1. The van der Waals surface area contributed by atoms with Crippen LogP contribution in [-0.2, 0) is 6.42 Å². The first-order valence-corrected chi connectivity index (χ1v) is 8.83. The number of benzene rings is 2. The van der Waals surface area contributed by atoms with Gasteiger partial charge in [0.05, 0.1) is 19.8 Å². The van der Waals surface area contributed by atoms with Gasteiger partial charge in [-0.1, -0.05) is 6.07 Å². The van der Waals surface area contributed by atoms with E-state index in [2.05, 4.69) is 17.4 Å². The topological polar surface area (TPSA) is 47.6 Å². The van der Waals surface area contributed by atoms with E-state index in [1.165, 1.54) is 11.1 Å². The van der Waals surface area contributed by atoms with Gasteiger partial charge in [0.1, 0.15) is 11.5 Å². The van der Waals surface area contributed by atoms with Crippen molar-refractivity contribution in [3.8, 4) is 11.5 Å². The Hall–Kier alpha value is -2.49. The molecule has 0 radical (unpaired) electrons. The molecule has 0 saturated carbocycles. The molecule has 0 heterocycles. The summed E-state index contributed by atoms with van der Waals surface area (Å²) in [5, 5.41) is 3.19. The molecule has 0 unspecified atom stereocenters. The minimum atomic E-state index is -0.0418. The molecule has 132 valence electrons. The molecule has 1 aliphatic rings. The van der Waals surface area contributed by atoms with Crippen molar-refractivity contribution in [2.24, 2.45) is 0 Å². The molecular formula is C21H25NO3. The van der Waals surface area contributed by atoms with E-state index in [0.717, 1.165) is 36.3 Å². The largest absolute Gasteiger partial charge is 0.497 e. The van der Waals surface area contributed by atoms with Crippen LogP contribution in [0.15, 0.2) is 36.4 Å². The molecule has 0 spiro atoms. The van der Waals surface area contributed by atoms with Gasteiger partial charge in [0.2, 0.25) is 0 Å². The molecule has 2 aromatic carbocycles. The fourth-order valence-electron chi connectivity index (χ4n) is 3.42. The molecule has 3 rings (SSSR count). The number of hydrogen-bond acceptors (Lipinski definition) is 3. The van der Waals surface area contributed by atoms with Crippen molar-refractivity contribution in [3.05, 3.63) is 58.7 Å². The number of methoxy groups -OCH3 is 1. The van der Waals surface area contributed by atoms with E-state index in [1.54, 1.807) is 7.11 Å². The standard InChI is InChI=1S/C21H25NO3/c1-4-25-20-11-8-16(12-14(20)2)21(23)22-19-7-5-6-15-13-17(24-3)9-10-18(15)19/h8-13,19H,4-7H2,1-3H3,(H,22,23)/t19-/m1/s1. The first-order valence-electron chi connectivity index (χ1n) is 8.83. The smallest absolute Gasteiger partial charge is 0.251 e. The fraction of sp³-hybridized carbons (Fsp3) is 0.381. The van der Waals surface area contributed by atoms with Gasteiger partial charge in [-0.25, -0.2) is 0 Å². The maximum atomic E-state index is 12.7. The average Bonchev–Trinajstić information content (AvgIpc) is 2.63. The zero-order chi connectivity index (χ0) is 17.8. The van der Waals surface area contributed by atoms with Gasteiger partial charge in [-0.15, -0.1) is 0 Å². The van der Waals surface area contributed by atoms with Gasteiger partial charge in [-0.05, 0) is 80.1 Å². The van der Waals surface area contributed by atoms with Crippen LogP contribution >= 0.6 is 0 Å². The van der Waals surface area contributed by atoms with E-state index in [9.17, 15) is 4.79 Å². The maximum Gasteiger partial charge on any atom is 0.251 e. The third kappa shape index (κ3) is 3.78. The molecule has 4 nitrogen and oxygen atoms in total. The zero-order valence-electron chi connectivity index (χ0n) is 15.1. The van der Waals surface area contributed by atoms with Crippen molar-refractivity contribution in [2.45, 2.75) is 39.2 Å². The quantitative estimate of drug-likeness (QED) is 0.888. The Bertz CT molecular complexity index is 770. The molecule has 1 aliphatic carbocycles. The Morgan fingerprint density at radius 2 is 2.08 bits per heavy atom. The van der Waals surface area contributed by atoms with E-state index in [-0.39, 0.29) is 11.9 Å². The SMILES string of the molecule is CCOc1ccc(C(=O)N[C@@H]2CCCc3cc(OC)ccc32)cc1C. The predicted molar refractivity (Wildman–Crippen MR) is 98.5 cm³/mol. The van der Waals surface area contributed by atoms with E-state index in [0.29, 0.717) is 12.2 Å². The van der Waals surface area contributed by atoms with Gasteiger partial charge in [0, 0.05) is 5.56 Å². The lowest BCUT2D eigenvalue weighted by Crippen LogP contribution is -2.31. The Kier molecular flexibility index (Phi) is 5.27. The first-order chi connectivity index (χ1) is 12.1. The normalized spacial score (nSPS) is 16.0. The highest BCUT2D eigenvalue weighted by molar-refractivity contribution is 5.94. The van der Waals surface area contributed by atoms with Crippen LogP contribution in [-0.4, -0.2) is 19.6 Å². The van der Waals surface area contributed by atoms with Gasteiger partial charge in [-0.3, -0.25) is 4.79 Å². The molecular weight excluding hydrogens is 314 g/mol. The molecule has 1 atom stereocenters. The molecule has 0 fully saturated rings. The maximum absolute atomic E-state index is 12.7. The molecule has 25 heavy (non-hydrogen) atoms. The van der Waals surface area contributed by atoms with Crippen LogP contribution < -0.4 is 14.8 Å². The predicted octanol–water partition coefficient (Wildman–Crippen LogP) is 4.21. The summed E-state index contributed by atoms with van der Waals surface area (Å²) in [6.45, 7) is 4.54. The second-order valence-electron chi connectivity index (χ2n) is 6.40. The van der Waals surface area contributed by atoms with E-state index in [4.69, 9.17) is 9.47 Å². The monoisotopic (exact) mass is 339 g/mol. The summed E-state index contributed by atoms with van der Waals surface area (Å²) in [7, 11) is 1.68. The van der Waals surface area contributed by atoms with E-state index < -0.39 is 0 Å². The van der Waals surface area contributed by atoms with Crippen LogP contribution in [0, 0.1) is 6.92 Å². The number of carbonyl (C=O) groups excluding carboxylic acids is 1. The van der Waals surface area contributed by atoms with Crippen LogP contribution in [0.25, 0.3) is 0 Å². The summed E-state index contributed by atoms with van der Waals surface area (Å²) in [4.78, 5) is 12.7. The number of carbonyl (C=O) groups is 1. The van der Waals surface area contributed by atoms with Crippen molar-refractivity contribution in [1.29, 1.82) is 0 Å². The highest BCUT2D eigenvalue weighted by Crippen LogP contribution is 2.32. The molecule has 1 amide bonds. The highest BCUT2D eigenvalue weighted by atomic mass is 16.5. The van der Waals surface area contributed by atoms with Crippen LogP contribution in [0.1, 0.15) is 52.9 Å². The molecule has 0 bridgehead atoms. The minimum absolute atomic E-state index is 0.0418. The molecule has 0 saturated heterocycles. The molecule has 2 aromatic rings. The van der Waals surface area contributed by atoms with Gasteiger partial charge in [0.15, 0.2) is 0 Å². The number of hydrogen-bond donors (Lipinski definition) is 1. The number of nitrogens with one attached hydrogen (secondary N) is 1. The third-order valence-electron chi connectivity index (χ3n) is 4.71. The average molecular weight is 339 g/mol. The molecule has 1 N–H and O–H groups in total. The number of ether oxygens (including phenoxy) is 2. The number of aryl methyl sites for hydroxylation is 2. The lowest BCUT2D eigenvalue weighted by molar-refractivity contribution is 0.0932. The van der Waals surface area contributed by atoms with Crippen LogP contribution in [0.3, 0.4) is 0 Å². The van der Waals surface area contributed by atoms with Gasteiger partial charge in [0.25, 0.3) is 5.91 Å². The lowest BCUT2D eigenvalue weighted by Gasteiger charge is -2.27. The summed E-state index contributed by atoms with van der Waals surface area (Å²) < 4.78 is 10.9. The second-order valence-corrected chi connectivity index (χ2v) is 6.40. The van der Waals surface area contributed by atoms with Crippen molar-refractivity contribution in [3.63, 3.8) is 0 Å². The van der Waals surface area contributed by atoms with Crippen molar-refractivity contribution < 1.29 is 14.3 Å². The summed E-state index contributed by atoms with van der Waals surface area (Å²) in [6, 6.07) is 11.7. The zero-order valence-corrected chi connectivity index (χ0v) is 15.1. The fourth-order valence-corrected chi connectivity index (χ4v) is 3.42. The molecule has 0 aromatic heterocycles. The van der Waals surface area contributed by atoms with Gasteiger partial charge >= 0.3 is 0 Å². The summed E-state index contributed by atoms with van der Waals surface area (Å²) in [6.07, 6.45) is 3.05. The number of rotatable bonds is 5. The number of fused-ring (bicyclic) bond motifs is 1. The van der Waals surface area contributed by atoms with E-state index in [1.807, 2.05) is 38.1 Å². The van der Waals surface area contributed by atoms with Crippen LogP contribution in [0.4, 0.5) is 0 Å². The van der Waals surface area contributed by atoms with Crippen LogP contribution in [0.5, 0.6) is 11.5 Å². The Morgan fingerprint density at radius 3 is 2.80 bits per heavy atom. The lowest BCUT2D eigenvalue weighted by atomic mass is 9.87. The van der Waals surface area contributed by atoms with Crippen molar-refractivity contribution >= 4 is 5.91 Å². The Labute approximate surface area is 149 Å². The third-order valence-corrected chi connectivity index (χ3v) is 4.71. The first kappa shape index (κ1) is 17.3. The highest BCUT2D eigenvalue weighted by Gasteiger charge is 2.23. The molecule has 0 aliphatic heterocycles. The Balaban J connectivity index is 1.77. The summed E-state index contributed by atoms with van der Waals surface area (Å²) >= 11 is 0. The van der Waals surface area contributed by atoms with Gasteiger partial charge < -0.3 is 14.8 Å². The molecule has 4 heteroatoms. The van der Waals surface area contributed by atoms with E-state index >= 15 is 0 Å². The minimum Gasteiger partial charge on any atom is -0.497 e. The Morgan fingerprint density at radius 1 is 1.24 bits per heavy atom. The van der Waals surface area contributed by atoms with Gasteiger partial charge in [-0.2, -0.15) is 0 Å². The van der Waals surface area contributed by atoms with Crippen molar-refractivity contribution in [2.75, 3.05) is 13.7 Å². The van der Waals surface area contributed by atoms with Crippen molar-refractivity contribution in [1.82, 2.24) is 5.32 Å². The second kappa shape index (κ2) is 7.60. The summed E-state index contributed by atoms with van der Waals surface area (Å²) in [5.41, 5.74) is 4.10.